The Labute approximate surface area is 145 Å². The summed E-state index contributed by atoms with van der Waals surface area (Å²) in [5, 5.41) is 0. The molecule has 24 heavy (non-hydrogen) atoms. The standard InChI is InChI=1S/C17H14BrF3O3/c1-3-23-16(22)17(20,21)15-13(18)5-4-6-14(15)24-12-8-10(2)7-11(19)9-12/h4-9H,3H2,1-2H3. The van der Waals surface area contributed by atoms with Gasteiger partial charge in [-0.25, -0.2) is 9.18 Å². The van der Waals surface area contributed by atoms with E-state index in [1.165, 1.54) is 37.3 Å². The summed E-state index contributed by atoms with van der Waals surface area (Å²) in [6, 6.07) is 7.94. The van der Waals surface area contributed by atoms with Crippen molar-refractivity contribution >= 4 is 21.9 Å². The number of hydrogen-bond acceptors (Lipinski definition) is 3. The van der Waals surface area contributed by atoms with Gasteiger partial charge in [-0.3, -0.25) is 0 Å². The molecular formula is C17H14BrF3O3. The molecule has 0 spiro atoms. The smallest absolute Gasteiger partial charge is 0.382 e. The van der Waals surface area contributed by atoms with Gasteiger partial charge < -0.3 is 9.47 Å². The van der Waals surface area contributed by atoms with Crippen molar-refractivity contribution in [2.24, 2.45) is 0 Å². The second-order valence-corrected chi connectivity index (χ2v) is 5.83. The first kappa shape index (κ1) is 18.3. The lowest BCUT2D eigenvalue weighted by Gasteiger charge is -2.20. The number of benzene rings is 2. The zero-order valence-electron chi connectivity index (χ0n) is 12.9. The van der Waals surface area contributed by atoms with Gasteiger partial charge in [-0.15, -0.1) is 0 Å². The lowest BCUT2D eigenvalue weighted by molar-refractivity contribution is -0.173. The fourth-order valence-electron chi connectivity index (χ4n) is 2.11. The zero-order chi connectivity index (χ0) is 17.9. The fourth-order valence-corrected chi connectivity index (χ4v) is 2.70. The molecule has 0 bridgehead atoms. The summed E-state index contributed by atoms with van der Waals surface area (Å²) >= 11 is 3.00. The quantitative estimate of drug-likeness (QED) is 0.632. The maximum atomic E-state index is 14.5. The largest absolute Gasteiger partial charge is 0.461 e. The highest BCUT2D eigenvalue weighted by atomic mass is 79.9. The van der Waals surface area contributed by atoms with E-state index >= 15 is 0 Å². The molecule has 0 saturated heterocycles. The molecule has 7 heteroatoms. The highest BCUT2D eigenvalue weighted by molar-refractivity contribution is 9.10. The number of carbonyl (C=O) groups excluding carboxylic acids is 1. The topological polar surface area (TPSA) is 35.5 Å². The normalized spacial score (nSPS) is 11.2. The second-order valence-electron chi connectivity index (χ2n) is 4.97. The van der Waals surface area contributed by atoms with Gasteiger partial charge in [0.05, 0.1) is 12.2 Å². The molecule has 0 heterocycles. The van der Waals surface area contributed by atoms with Crippen molar-refractivity contribution in [2.45, 2.75) is 19.8 Å². The third-order valence-electron chi connectivity index (χ3n) is 3.06. The first-order valence-electron chi connectivity index (χ1n) is 7.04. The van der Waals surface area contributed by atoms with Crippen LogP contribution < -0.4 is 4.74 Å². The molecule has 0 aliphatic carbocycles. The van der Waals surface area contributed by atoms with Crippen molar-refractivity contribution in [3.05, 3.63) is 57.8 Å². The van der Waals surface area contributed by atoms with Crippen LogP contribution in [0.4, 0.5) is 13.2 Å². The van der Waals surface area contributed by atoms with Gasteiger partial charge in [-0.2, -0.15) is 8.78 Å². The van der Waals surface area contributed by atoms with Crippen molar-refractivity contribution in [1.82, 2.24) is 0 Å². The molecule has 0 unspecified atom stereocenters. The maximum Gasteiger partial charge on any atom is 0.382 e. The molecular weight excluding hydrogens is 389 g/mol. The van der Waals surface area contributed by atoms with Crippen molar-refractivity contribution in [2.75, 3.05) is 6.61 Å². The van der Waals surface area contributed by atoms with E-state index in [1.54, 1.807) is 6.92 Å². The molecule has 0 aliphatic heterocycles. The number of rotatable bonds is 5. The van der Waals surface area contributed by atoms with Gasteiger partial charge in [0, 0.05) is 10.5 Å². The third kappa shape index (κ3) is 3.90. The van der Waals surface area contributed by atoms with Gasteiger partial charge >= 0.3 is 11.9 Å². The Morgan fingerprint density at radius 2 is 1.96 bits per heavy atom. The van der Waals surface area contributed by atoms with E-state index in [-0.39, 0.29) is 22.6 Å². The summed E-state index contributed by atoms with van der Waals surface area (Å²) in [4.78, 5) is 11.6. The molecule has 2 aromatic carbocycles. The van der Waals surface area contributed by atoms with Gasteiger partial charge in [-0.05, 0) is 43.7 Å². The zero-order valence-corrected chi connectivity index (χ0v) is 14.5. The van der Waals surface area contributed by atoms with Gasteiger partial charge in [0.15, 0.2) is 0 Å². The number of ether oxygens (including phenoxy) is 2. The van der Waals surface area contributed by atoms with E-state index in [0.29, 0.717) is 5.56 Å². The molecule has 0 fully saturated rings. The first-order chi connectivity index (χ1) is 11.3. The van der Waals surface area contributed by atoms with E-state index in [4.69, 9.17) is 4.74 Å². The molecule has 0 radical (unpaired) electrons. The minimum Gasteiger partial charge on any atom is -0.461 e. The Bertz CT molecular complexity index is 742. The average molecular weight is 403 g/mol. The van der Waals surface area contributed by atoms with Gasteiger partial charge in [0.2, 0.25) is 0 Å². The van der Waals surface area contributed by atoms with Crippen LogP contribution >= 0.6 is 15.9 Å². The summed E-state index contributed by atoms with van der Waals surface area (Å²) in [6.45, 7) is 2.89. The molecule has 0 N–H and O–H groups in total. The molecule has 0 saturated carbocycles. The molecule has 128 valence electrons. The Balaban J connectivity index is 2.48. The van der Waals surface area contributed by atoms with Crippen molar-refractivity contribution in [3.8, 4) is 11.5 Å². The third-order valence-corrected chi connectivity index (χ3v) is 3.73. The highest BCUT2D eigenvalue weighted by Crippen LogP contribution is 2.42. The molecule has 0 aliphatic rings. The van der Waals surface area contributed by atoms with Crippen LogP contribution in [0.1, 0.15) is 18.1 Å². The number of halogens is 4. The van der Waals surface area contributed by atoms with E-state index in [2.05, 4.69) is 20.7 Å². The van der Waals surface area contributed by atoms with Gasteiger partial charge in [-0.1, -0.05) is 22.0 Å². The molecule has 2 rings (SSSR count). The summed E-state index contributed by atoms with van der Waals surface area (Å²) in [6.07, 6.45) is 0. The van der Waals surface area contributed by atoms with Gasteiger partial charge in [0.25, 0.3) is 0 Å². The van der Waals surface area contributed by atoms with Crippen LogP contribution in [0.5, 0.6) is 11.5 Å². The number of esters is 1. The van der Waals surface area contributed by atoms with Crippen LogP contribution in [0.25, 0.3) is 0 Å². The molecule has 2 aromatic rings. The minimum absolute atomic E-state index is 0.0221. The molecule has 3 nitrogen and oxygen atoms in total. The molecule has 0 amide bonds. The van der Waals surface area contributed by atoms with E-state index in [1.807, 2.05) is 0 Å². The monoisotopic (exact) mass is 402 g/mol. The molecule has 0 atom stereocenters. The fraction of sp³-hybridized carbons (Fsp3) is 0.235. The maximum absolute atomic E-state index is 14.5. The second kappa shape index (κ2) is 7.25. The van der Waals surface area contributed by atoms with Crippen LogP contribution in [-0.4, -0.2) is 12.6 Å². The van der Waals surface area contributed by atoms with Crippen molar-refractivity contribution in [1.29, 1.82) is 0 Å². The lowest BCUT2D eigenvalue weighted by Crippen LogP contribution is -2.29. The van der Waals surface area contributed by atoms with Crippen LogP contribution in [0, 0.1) is 12.7 Å². The Morgan fingerprint density at radius 1 is 1.25 bits per heavy atom. The predicted molar refractivity (Wildman–Crippen MR) is 85.9 cm³/mol. The lowest BCUT2D eigenvalue weighted by atomic mass is 10.1. The Morgan fingerprint density at radius 3 is 2.58 bits per heavy atom. The van der Waals surface area contributed by atoms with Crippen LogP contribution in [-0.2, 0) is 15.5 Å². The van der Waals surface area contributed by atoms with Crippen LogP contribution in [0.2, 0.25) is 0 Å². The number of alkyl halides is 2. The molecule has 0 aromatic heterocycles. The van der Waals surface area contributed by atoms with Crippen LogP contribution in [0.3, 0.4) is 0 Å². The van der Waals surface area contributed by atoms with Gasteiger partial charge in [0.1, 0.15) is 17.3 Å². The average Bonchev–Trinajstić information content (AvgIpc) is 2.46. The van der Waals surface area contributed by atoms with Crippen LogP contribution in [0.15, 0.2) is 40.9 Å². The van der Waals surface area contributed by atoms with E-state index in [9.17, 15) is 18.0 Å². The summed E-state index contributed by atoms with van der Waals surface area (Å²) in [7, 11) is 0. The number of hydrogen-bond donors (Lipinski definition) is 0. The SMILES string of the molecule is CCOC(=O)C(F)(F)c1c(Br)cccc1Oc1cc(C)cc(F)c1. The Kier molecular flexibility index (Phi) is 5.54. The summed E-state index contributed by atoms with van der Waals surface area (Å²) in [5.74, 6) is -6.39. The van der Waals surface area contributed by atoms with E-state index < -0.39 is 23.3 Å². The highest BCUT2D eigenvalue weighted by Gasteiger charge is 2.46. The summed E-state index contributed by atoms with van der Waals surface area (Å²) in [5.41, 5.74) is -0.107. The summed E-state index contributed by atoms with van der Waals surface area (Å²) < 4.78 is 52.2. The first-order valence-corrected chi connectivity index (χ1v) is 7.84. The predicted octanol–water partition coefficient (Wildman–Crippen LogP) is 5.34. The number of aryl methyl sites for hydroxylation is 1. The Hall–Kier alpha value is -2.02. The number of carbonyl (C=O) groups is 1. The van der Waals surface area contributed by atoms with E-state index in [0.717, 1.165) is 6.07 Å². The minimum atomic E-state index is -3.92. The van der Waals surface area contributed by atoms with Crippen molar-refractivity contribution < 1.29 is 27.4 Å². The van der Waals surface area contributed by atoms with Crippen molar-refractivity contribution in [3.63, 3.8) is 0 Å².